The van der Waals surface area contributed by atoms with Crippen molar-refractivity contribution in [3.63, 3.8) is 0 Å². The van der Waals surface area contributed by atoms with Gasteiger partial charge in [0.25, 0.3) is 0 Å². The maximum atomic E-state index is 3.55. The molecule has 1 aliphatic heterocycles. The molecule has 0 spiro atoms. The van der Waals surface area contributed by atoms with Gasteiger partial charge in [-0.25, -0.2) is 0 Å². The van der Waals surface area contributed by atoms with E-state index in [0.717, 1.165) is 17.8 Å². The van der Waals surface area contributed by atoms with E-state index >= 15 is 0 Å². The second kappa shape index (κ2) is 6.49. The van der Waals surface area contributed by atoms with Crippen molar-refractivity contribution in [2.75, 3.05) is 32.7 Å². The molecule has 1 aliphatic rings. The van der Waals surface area contributed by atoms with Crippen LogP contribution in [-0.4, -0.2) is 37.6 Å². The van der Waals surface area contributed by atoms with Crippen LogP contribution in [0, 0.1) is 17.8 Å². The zero-order chi connectivity index (χ0) is 11.3. The molecule has 0 aromatic rings. The summed E-state index contributed by atoms with van der Waals surface area (Å²) in [6.07, 6.45) is 1.30. The molecule has 0 aliphatic carbocycles. The van der Waals surface area contributed by atoms with Gasteiger partial charge in [0.2, 0.25) is 0 Å². The van der Waals surface area contributed by atoms with Crippen molar-refractivity contribution >= 4 is 0 Å². The Bertz CT molecular complexity index is 155. The summed E-state index contributed by atoms with van der Waals surface area (Å²) in [4.78, 5) is 2.67. The van der Waals surface area contributed by atoms with E-state index in [1.165, 1.54) is 39.1 Å². The van der Waals surface area contributed by atoms with Crippen LogP contribution < -0.4 is 5.32 Å². The average molecular weight is 212 g/mol. The minimum absolute atomic E-state index is 0.793. The quantitative estimate of drug-likeness (QED) is 0.771. The summed E-state index contributed by atoms with van der Waals surface area (Å²) in [5.41, 5.74) is 0. The molecule has 0 bridgehead atoms. The molecule has 0 aromatic heterocycles. The fourth-order valence-electron chi connectivity index (χ4n) is 2.38. The van der Waals surface area contributed by atoms with Gasteiger partial charge in [0, 0.05) is 19.6 Å². The number of hydrogen-bond donors (Lipinski definition) is 1. The lowest BCUT2D eigenvalue weighted by molar-refractivity contribution is 0.164. The summed E-state index contributed by atoms with van der Waals surface area (Å²) >= 11 is 0. The second-order valence-corrected chi connectivity index (χ2v) is 5.60. The Hall–Kier alpha value is -0.0800. The predicted octanol–water partition coefficient (Wildman–Crippen LogP) is 2.21. The molecule has 1 saturated heterocycles. The summed E-state index contributed by atoms with van der Waals surface area (Å²) in [6.45, 7) is 15.5. The van der Waals surface area contributed by atoms with Crippen LogP contribution in [0.5, 0.6) is 0 Å². The molecular weight excluding hydrogens is 184 g/mol. The first kappa shape index (κ1) is 13.0. The minimum atomic E-state index is 0.793. The smallest absolute Gasteiger partial charge is 0.00194 e. The summed E-state index contributed by atoms with van der Waals surface area (Å²) in [6, 6.07) is 0. The lowest BCUT2D eigenvalue weighted by Crippen LogP contribution is -2.43. The minimum Gasteiger partial charge on any atom is -0.316 e. The fourth-order valence-corrected chi connectivity index (χ4v) is 2.38. The van der Waals surface area contributed by atoms with Gasteiger partial charge in [-0.2, -0.15) is 0 Å². The molecule has 0 saturated carbocycles. The van der Waals surface area contributed by atoms with Gasteiger partial charge < -0.3 is 10.2 Å². The lowest BCUT2D eigenvalue weighted by Gasteiger charge is -2.33. The zero-order valence-corrected chi connectivity index (χ0v) is 10.9. The first-order valence-corrected chi connectivity index (χ1v) is 6.54. The molecule has 0 aromatic carbocycles. The Balaban J connectivity index is 2.43. The molecule has 0 amide bonds. The van der Waals surface area contributed by atoms with Crippen LogP contribution in [0.25, 0.3) is 0 Å². The normalized spacial score (nSPS) is 32.0. The van der Waals surface area contributed by atoms with Gasteiger partial charge in [-0.15, -0.1) is 0 Å². The molecule has 2 heteroatoms. The van der Waals surface area contributed by atoms with Gasteiger partial charge in [0.15, 0.2) is 0 Å². The van der Waals surface area contributed by atoms with E-state index < -0.39 is 0 Å². The Labute approximate surface area is 95.4 Å². The van der Waals surface area contributed by atoms with Gasteiger partial charge in [-0.05, 0) is 30.8 Å². The van der Waals surface area contributed by atoms with E-state index in [-0.39, 0.29) is 0 Å². The third-order valence-corrected chi connectivity index (χ3v) is 3.39. The van der Waals surface area contributed by atoms with Gasteiger partial charge in [-0.3, -0.25) is 0 Å². The van der Waals surface area contributed by atoms with Gasteiger partial charge in [-0.1, -0.05) is 34.1 Å². The molecule has 1 fully saturated rings. The maximum Gasteiger partial charge on any atom is 0.00194 e. The van der Waals surface area contributed by atoms with Crippen LogP contribution in [0.3, 0.4) is 0 Å². The van der Waals surface area contributed by atoms with E-state index in [0.29, 0.717) is 0 Å². The molecular formula is C13H28N2. The van der Waals surface area contributed by atoms with Gasteiger partial charge in [0.1, 0.15) is 0 Å². The molecule has 15 heavy (non-hydrogen) atoms. The molecule has 90 valence electrons. The number of hydrogen-bond acceptors (Lipinski definition) is 2. The summed E-state index contributed by atoms with van der Waals surface area (Å²) in [5, 5.41) is 3.55. The van der Waals surface area contributed by atoms with Crippen molar-refractivity contribution in [3.05, 3.63) is 0 Å². The van der Waals surface area contributed by atoms with Crippen LogP contribution in [0.15, 0.2) is 0 Å². The third kappa shape index (κ3) is 4.98. The molecule has 1 heterocycles. The van der Waals surface area contributed by atoms with E-state index in [1.807, 2.05) is 0 Å². The highest BCUT2D eigenvalue weighted by atomic mass is 15.1. The maximum absolute atomic E-state index is 3.55. The molecule has 1 N–H and O–H groups in total. The van der Waals surface area contributed by atoms with Crippen LogP contribution in [0.1, 0.15) is 34.1 Å². The van der Waals surface area contributed by atoms with Crippen LogP contribution in [-0.2, 0) is 0 Å². The summed E-state index contributed by atoms with van der Waals surface area (Å²) in [5.74, 6) is 2.43. The standard InChI is InChI=1S/C13H28N2/c1-5-11(2)8-15-9-12(3)6-14-7-13(4)10-15/h11-14H,5-10H2,1-4H3. The van der Waals surface area contributed by atoms with Crippen molar-refractivity contribution in [1.82, 2.24) is 10.2 Å². The van der Waals surface area contributed by atoms with E-state index in [4.69, 9.17) is 0 Å². The van der Waals surface area contributed by atoms with Crippen molar-refractivity contribution < 1.29 is 0 Å². The predicted molar refractivity (Wildman–Crippen MR) is 67.1 cm³/mol. The zero-order valence-electron chi connectivity index (χ0n) is 10.9. The molecule has 3 atom stereocenters. The van der Waals surface area contributed by atoms with Crippen LogP contribution in [0.2, 0.25) is 0 Å². The van der Waals surface area contributed by atoms with E-state index in [2.05, 4.69) is 37.9 Å². The molecule has 0 radical (unpaired) electrons. The Kier molecular flexibility index (Phi) is 5.62. The molecule has 2 nitrogen and oxygen atoms in total. The Morgan fingerprint density at radius 2 is 1.73 bits per heavy atom. The summed E-state index contributed by atoms with van der Waals surface area (Å²) in [7, 11) is 0. The first-order chi connectivity index (χ1) is 7.11. The van der Waals surface area contributed by atoms with E-state index in [9.17, 15) is 0 Å². The van der Waals surface area contributed by atoms with E-state index in [1.54, 1.807) is 0 Å². The van der Waals surface area contributed by atoms with Crippen molar-refractivity contribution in [2.24, 2.45) is 17.8 Å². The van der Waals surface area contributed by atoms with Gasteiger partial charge >= 0.3 is 0 Å². The first-order valence-electron chi connectivity index (χ1n) is 6.54. The topological polar surface area (TPSA) is 15.3 Å². The molecule has 1 rings (SSSR count). The van der Waals surface area contributed by atoms with Crippen LogP contribution >= 0.6 is 0 Å². The SMILES string of the molecule is CCC(C)CN1CC(C)CNCC(C)C1. The number of rotatable bonds is 3. The highest BCUT2D eigenvalue weighted by molar-refractivity contribution is 4.74. The van der Waals surface area contributed by atoms with Crippen molar-refractivity contribution in [3.8, 4) is 0 Å². The largest absolute Gasteiger partial charge is 0.316 e. The molecule has 3 unspecified atom stereocenters. The fraction of sp³-hybridized carbons (Fsp3) is 1.00. The number of nitrogens with one attached hydrogen (secondary N) is 1. The third-order valence-electron chi connectivity index (χ3n) is 3.39. The van der Waals surface area contributed by atoms with Gasteiger partial charge in [0.05, 0.1) is 0 Å². The number of nitrogens with zero attached hydrogens (tertiary/aromatic N) is 1. The Morgan fingerprint density at radius 3 is 2.20 bits per heavy atom. The summed E-state index contributed by atoms with van der Waals surface area (Å²) < 4.78 is 0. The van der Waals surface area contributed by atoms with Crippen molar-refractivity contribution in [1.29, 1.82) is 0 Å². The van der Waals surface area contributed by atoms with Crippen LogP contribution in [0.4, 0.5) is 0 Å². The highest BCUT2D eigenvalue weighted by Crippen LogP contribution is 2.11. The van der Waals surface area contributed by atoms with Crippen molar-refractivity contribution in [2.45, 2.75) is 34.1 Å². The highest BCUT2D eigenvalue weighted by Gasteiger charge is 2.18. The monoisotopic (exact) mass is 212 g/mol. The average Bonchev–Trinajstić information content (AvgIpc) is 2.15. The Morgan fingerprint density at radius 1 is 1.20 bits per heavy atom. The second-order valence-electron chi connectivity index (χ2n) is 5.60. The lowest BCUT2D eigenvalue weighted by atomic mass is 10.0.